The van der Waals surface area contributed by atoms with Gasteiger partial charge in [0.15, 0.2) is 5.65 Å². The summed E-state index contributed by atoms with van der Waals surface area (Å²) in [6.45, 7) is 0. The number of nitrogens with zero attached hydrogens (tertiary/aromatic N) is 5. The number of piperidine rings is 1. The fourth-order valence-corrected chi connectivity index (χ4v) is 4.05. The van der Waals surface area contributed by atoms with Crippen molar-refractivity contribution in [3.8, 4) is 0 Å². The number of likely N-dealkylation sites (tertiary alicyclic amines) is 1. The molecule has 1 aliphatic carbocycles. The van der Waals surface area contributed by atoms with Gasteiger partial charge >= 0.3 is 0 Å². The molecule has 5 rings (SSSR count). The molecule has 0 spiro atoms. The number of amides is 2. The monoisotopic (exact) mass is 376 g/mol. The van der Waals surface area contributed by atoms with E-state index < -0.39 is 0 Å². The molecule has 2 aliphatic rings. The van der Waals surface area contributed by atoms with Crippen LogP contribution in [-0.2, 0) is 9.59 Å². The zero-order chi connectivity index (χ0) is 19.1. The van der Waals surface area contributed by atoms with Crippen LogP contribution in [0, 0.1) is 5.92 Å². The lowest BCUT2D eigenvalue weighted by Crippen LogP contribution is -2.47. The molecule has 0 radical (unpaired) electrons. The van der Waals surface area contributed by atoms with Crippen molar-refractivity contribution in [2.75, 3.05) is 5.32 Å². The number of carbonyl (C=O) groups excluding carboxylic acids is 2. The Morgan fingerprint density at radius 1 is 1.11 bits per heavy atom. The van der Waals surface area contributed by atoms with E-state index in [9.17, 15) is 9.59 Å². The number of nitrogens with one attached hydrogen (secondary N) is 1. The van der Waals surface area contributed by atoms with Gasteiger partial charge in [-0.2, -0.15) is 5.10 Å². The number of rotatable bonds is 4. The van der Waals surface area contributed by atoms with Crippen LogP contribution in [0.3, 0.4) is 0 Å². The zero-order valence-electron chi connectivity index (χ0n) is 15.2. The summed E-state index contributed by atoms with van der Waals surface area (Å²) in [5.41, 5.74) is 2.34. The number of anilines is 1. The molecule has 3 aromatic rings. The minimum Gasteiger partial charge on any atom is -0.332 e. The van der Waals surface area contributed by atoms with E-state index in [0.717, 1.165) is 24.1 Å². The Kier molecular flexibility index (Phi) is 4.03. The van der Waals surface area contributed by atoms with Crippen LogP contribution in [-0.4, -0.2) is 42.3 Å². The summed E-state index contributed by atoms with van der Waals surface area (Å²) >= 11 is 0. The highest BCUT2D eigenvalue weighted by Crippen LogP contribution is 2.43. The third-order valence-corrected chi connectivity index (χ3v) is 5.50. The smallest absolute Gasteiger partial charge is 0.229 e. The first-order valence-corrected chi connectivity index (χ1v) is 9.52. The van der Waals surface area contributed by atoms with Crippen LogP contribution in [0.25, 0.3) is 5.65 Å². The molecule has 3 aromatic heterocycles. The summed E-state index contributed by atoms with van der Waals surface area (Å²) < 4.78 is 1.62. The van der Waals surface area contributed by atoms with Crippen molar-refractivity contribution in [2.45, 2.75) is 37.8 Å². The Labute approximate surface area is 161 Å². The van der Waals surface area contributed by atoms with Crippen LogP contribution in [0.15, 0.2) is 49.2 Å². The summed E-state index contributed by atoms with van der Waals surface area (Å²) in [7, 11) is 0. The van der Waals surface area contributed by atoms with Crippen molar-refractivity contribution in [2.24, 2.45) is 5.92 Å². The van der Waals surface area contributed by atoms with E-state index in [1.54, 1.807) is 23.1 Å². The van der Waals surface area contributed by atoms with Crippen LogP contribution in [0.4, 0.5) is 5.69 Å². The Bertz CT molecular complexity index is 1030. The molecule has 142 valence electrons. The Hall–Kier alpha value is -3.29. The molecular formula is C20H20N6O2. The number of hydrogen-bond acceptors (Lipinski definition) is 5. The molecule has 1 aliphatic heterocycles. The van der Waals surface area contributed by atoms with Crippen molar-refractivity contribution < 1.29 is 9.59 Å². The summed E-state index contributed by atoms with van der Waals surface area (Å²) in [5.74, 6) is -0.260. The van der Waals surface area contributed by atoms with Crippen molar-refractivity contribution in [3.05, 3.63) is 54.7 Å². The van der Waals surface area contributed by atoms with E-state index in [1.807, 2.05) is 29.2 Å². The topological polar surface area (TPSA) is 92.5 Å². The van der Waals surface area contributed by atoms with Gasteiger partial charge < -0.3 is 10.2 Å². The van der Waals surface area contributed by atoms with Gasteiger partial charge in [0.2, 0.25) is 11.8 Å². The first-order valence-electron chi connectivity index (χ1n) is 9.52. The molecule has 0 aromatic carbocycles. The van der Waals surface area contributed by atoms with Crippen LogP contribution in [0.5, 0.6) is 0 Å². The lowest BCUT2D eigenvalue weighted by atomic mass is 9.83. The van der Waals surface area contributed by atoms with Gasteiger partial charge in [0.1, 0.15) is 6.33 Å². The van der Waals surface area contributed by atoms with E-state index in [-0.39, 0.29) is 29.8 Å². The van der Waals surface area contributed by atoms with E-state index in [2.05, 4.69) is 20.4 Å². The summed E-state index contributed by atoms with van der Waals surface area (Å²) in [5, 5.41) is 7.12. The number of fused-ring (bicyclic) bond motifs is 1. The highest BCUT2D eigenvalue weighted by atomic mass is 16.2. The second-order valence-electron chi connectivity index (χ2n) is 7.37. The number of pyridine rings is 2. The van der Waals surface area contributed by atoms with Crippen molar-refractivity contribution in [1.82, 2.24) is 24.5 Å². The molecule has 0 unspecified atom stereocenters. The third-order valence-electron chi connectivity index (χ3n) is 5.50. The maximum Gasteiger partial charge on any atom is 0.229 e. The Morgan fingerprint density at radius 2 is 1.93 bits per heavy atom. The third kappa shape index (κ3) is 3.00. The molecule has 2 amide bonds. The fourth-order valence-electron chi connectivity index (χ4n) is 4.05. The van der Waals surface area contributed by atoms with Crippen LogP contribution in [0.1, 0.15) is 37.3 Å². The van der Waals surface area contributed by atoms with Gasteiger partial charge in [0, 0.05) is 24.9 Å². The molecular weight excluding hydrogens is 356 g/mol. The lowest BCUT2D eigenvalue weighted by molar-refractivity contribution is -0.142. The normalized spacial score (nSPS) is 22.4. The summed E-state index contributed by atoms with van der Waals surface area (Å²) in [6.07, 6.45) is 9.59. The molecule has 1 N–H and O–H groups in total. The predicted molar refractivity (Wildman–Crippen MR) is 101 cm³/mol. The second kappa shape index (κ2) is 6.70. The molecule has 4 heterocycles. The first kappa shape index (κ1) is 16.9. The minimum absolute atomic E-state index is 0.0839. The number of carbonyl (C=O) groups is 2. The quantitative estimate of drug-likeness (QED) is 0.754. The summed E-state index contributed by atoms with van der Waals surface area (Å²) in [4.78, 5) is 36.0. The van der Waals surface area contributed by atoms with Gasteiger partial charge in [-0.05, 0) is 49.1 Å². The largest absolute Gasteiger partial charge is 0.332 e. The summed E-state index contributed by atoms with van der Waals surface area (Å²) in [6, 6.07) is 7.42. The van der Waals surface area contributed by atoms with Crippen molar-refractivity contribution >= 4 is 23.1 Å². The van der Waals surface area contributed by atoms with Crippen LogP contribution in [0.2, 0.25) is 0 Å². The molecule has 2 fully saturated rings. The van der Waals surface area contributed by atoms with Gasteiger partial charge in [-0.25, -0.2) is 9.50 Å². The standard InChI is InChI=1S/C20H20N6O2/c27-18-6-4-16(19(26(18)15-2-3-15)13-7-9-21-10-8-13)20(28)24-14-1-5-17-22-12-23-25(17)11-14/h1,5,7-12,15-16,19H,2-4,6H2,(H,24,28)/t16-,19+/m0/s1. The Balaban J connectivity index is 1.45. The van der Waals surface area contributed by atoms with Gasteiger partial charge in [0.25, 0.3) is 0 Å². The van der Waals surface area contributed by atoms with E-state index in [4.69, 9.17) is 0 Å². The van der Waals surface area contributed by atoms with Crippen LogP contribution >= 0.6 is 0 Å². The van der Waals surface area contributed by atoms with E-state index >= 15 is 0 Å². The average Bonchev–Trinajstić information content (AvgIpc) is 3.44. The van der Waals surface area contributed by atoms with E-state index in [1.165, 1.54) is 6.33 Å². The maximum absolute atomic E-state index is 13.2. The molecule has 28 heavy (non-hydrogen) atoms. The Morgan fingerprint density at radius 3 is 2.71 bits per heavy atom. The molecule has 1 saturated carbocycles. The lowest BCUT2D eigenvalue weighted by Gasteiger charge is -2.41. The molecule has 0 bridgehead atoms. The predicted octanol–water partition coefficient (Wildman–Crippen LogP) is 2.21. The zero-order valence-corrected chi connectivity index (χ0v) is 15.2. The van der Waals surface area contributed by atoms with Gasteiger partial charge in [-0.3, -0.25) is 14.6 Å². The van der Waals surface area contributed by atoms with E-state index in [0.29, 0.717) is 18.5 Å². The highest BCUT2D eigenvalue weighted by molar-refractivity contribution is 5.94. The molecule has 8 nitrogen and oxygen atoms in total. The average molecular weight is 376 g/mol. The van der Waals surface area contributed by atoms with Crippen molar-refractivity contribution in [3.63, 3.8) is 0 Å². The fraction of sp³-hybridized carbons (Fsp3) is 0.350. The maximum atomic E-state index is 13.2. The molecule has 1 saturated heterocycles. The van der Waals surface area contributed by atoms with Gasteiger partial charge in [-0.15, -0.1) is 0 Å². The number of aromatic nitrogens is 4. The van der Waals surface area contributed by atoms with Gasteiger partial charge in [-0.1, -0.05) is 0 Å². The highest BCUT2D eigenvalue weighted by Gasteiger charge is 2.46. The second-order valence-corrected chi connectivity index (χ2v) is 7.37. The molecule has 2 atom stereocenters. The first-order chi connectivity index (χ1) is 13.7. The van der Waals surface area contributed by atoms with Gasteiger partial charge in [0.05, 0.1) is 23.8 Å². The van der Waals surface area contributed by atoms with Crippen molar-refractivity contribution in [1.29, 1.82) is 0 Å². The number of hydrogen-bond donors (Lipinski definition) is 1. The SMILES string of the molecule is O=C(Nc1ccc2ncnn2c1)[C@H]1CCC(=O)N(C2CC2)[C@@H]1c1ccncc1. The van der Waals surface area contributed by atoms with Crippen LogP contribution < -0.4 is 5.32 Å². The minimum atomic E-state index is -0.313. The molecule has 8 heteroatoms.